The molecule has 0 saturated carbocycles. The van der Waals surface area contributed by atoms with E-state index in [4.69, 9.17) is 5.73 Å². The summed E-state index contributed by atoms with van der Waals surface area (Å²) in [5.41, 5.74) is 7.29. The highest BCUT2D eigenvalue weighted by Crippen LogP contribution is 2.26. The molecule has 102 valence electrons. The predicted molar refractivity (Wildman–Crippen MR) is 74.6 cm³/mol. The number of esters is 1. The fourth-order valence-electron chi connectivity index (χ4n) is 1.43. The van der Waals surface area contributed by atoms with E-state index in [1.54, 1.807) is 13.0 Å². The fraction of sp³-hybridized carbons (Fsp3) is 0.417. The van der Waals surface area contributed by atoms with Crippen LogP contribution < -0.4 is 5.73 Å². The maximum atomic E-state index is 13.7. The van der Waals surface area contributed by atoms with Crippen LogP contribution in [0.4, 0.5) is 4.39 Å². The van der Waals surface area contributed by atoms with Gasteiger partial charge in [0.05, 0.1) is 12.6 Å². The minimum Gasteiger partial charge on any atom is -0.464 e. The van der Waals surface area contributed by atoms with E-state index < -0.39 is 18.2 Å². The van der Waals surface area contributed by atoms with E-state index in [0.717, 1.165) is 5.56 Å². The minimum absolute atomic E-state index is 0. The Morgan fingerprint density at radius 2 is 2.17 bits per heavy atom. The zero-order valence-electron chi connectivity index (χ0n) is 10.2. The van der Waals surface area contributed by atoms with Crippen molar-refractivity contribution in [2.24, 2.45) is 5.73 Å². The van der Waals surface area contributed by atoms with E-state index in [1.165, 1.54) is 0 Å². The third-order valence-corrected chi connectivity index (χ3v) is 3.03. The van der Waals surface area contributed by atoms with Crippen molar-refractivity contribution in [3.05, 3.63) is 33.8 Å². The van der Waals surface area contributed by atoms with Gasteiger partial charge in [-0.3, -0.25) is 0 Å². The van der Waals surface area contributed by atoms with Gasteiger partial charge in [-0.1, -0.05) is 28.1 Å². The molecule has 18 heavy (non-hydrogen) atoms. The molecule has 1 aromatic carbocycles. The van der Waals surface area contributed by atoms with E-state index in [2.05, 4.69) is 20.7 Å². The van der Waals surface area contributed by atoms with Gasteiger partial charge in [-0.2, -0.15) is 0 Å². The Bertz CT molecular complexity index is 417. The van der Waals surface area contributed by atoms with Gasteiger partial charge in [0.1, 0.15) is 0 Å². The summed E-state index contributed by atoms with van der Waals surface area (Å²) in [7, 11) is 0. The van der Waals surface area contributed by atoms with Crippen LogP contribution >= 0.6 is 28.3 Å². The van der Waals surface area contributed by atoms with Crippen molar-refractivity contribution in [3.8, 4) is 0 Å². The molecule has 6 heteroatoms. The van der Waals surface area contributed by atoms with Gasteiger partial charge in [0, 0.05) is 4.47 Å². The molecule has 0 aliphatic carbocycles. The van der Waals surface area contributed by atoms with Crippen LogP contribution in [-0.2, 0) is 9.53 Å². The van der Waals surface area contributed by atoms with Crippen molar-refractivity contribution in [2.45, 2.75) is 26.1 Å². The van der Waals surface area contributed by atoms with Crippen LogP contribution in [0, 0.1) is 6.92 Å². The molecule has 0 aromatic heterocycles. The molecule has 1 unspecified atom stereocenters. The highest BCUT2D eigenvalue weighted by molar-refractivity contribution is 9.10. The van der Waals surface area contributed by atoms with Crippen molar-refractivity contribution in [1.29, 1.82) is 0 Å². The fourth-order valence-corrected chi connectivity index (χ4v) is 2.19. The summed E-state index contributed by atoms with van der Waals surface area (Å²) in [6.45, 7) is 3.68. The number of hydrogen-bond acceptors (Lipinski definition) is 3. The lowest BCUT2D eigenvalue weighted by atomic mass is 10.0. The molecule has 0 saturated heterocycles. The SMILES string of the molecule is CCOC(=O)C(F)[C@@H](N)c1ccc(C)cc1Br.Cl. The average molecular weight is 341 g/mol. The highest BCUT2D eigenvalue weighted by Gasteiger charge is 2.28. The lowest BCUT2D eigenvalue weighted by molar-refractivity contribution is -0.149. The lowest BCUT2D eigenvalue weighted by Crippen LogP contribution is -2.31. The normalized spacial score (nSPS) is 13.4. The van der Waals surface area contributed by atoms with Crippen molar-refractivity contribution < 1.29 is 13.9 Å². The first-order chi connectivity index (χ1) is 7.97. The molecule has 0 spiro atoms. The topological polar surface area (TPSA) is 52.3 Å². The van der Waals surface area contributed by atoms with Crippen LogP contribution in [0.1, 0.15) is 24.1 Å². The quantitative estimate of drug-likeness (QED) is 0.857. The number of alkyl halides is 1. The van der Waals surface area contributed by atoms with Gasteiger partial charge < -0.3 is 10.5 Å². The van der Waals surface area contributed by atoms with Crippen LogP contribution in [0.25, 0.3) is 0 Å². The van der Waals surface area contributed by atoms with Crippen LogP contribution in [-0.4, -0.2) is 18.7 Å². The van der Waals surface area contributed by atoms with Crippen molar-refractivity contribution in [3.63, 3.8) is 0 Å². The molecule has 2 N–H and O–H groups in total. The zero-order chi connectivity index (χ0) is 13.0. The standard InChI is InChI=1S/C12H15BrFNO2.ClH/c1-3-17-12(16)10(14)11(15)8-5-4-7(2)6-9(8)13;/h4-6,10-11H,3,15H2,1-2H3;1H/t10?,11-;/m0./s1. The van der Waals surface area contributed by atoms with Crippen LogP contribution in [0.5, 0.6) is 0 Å². The summed E-state index contributed by atoms with van der Waals surface area (Å²) in [6.07, 6.45) is -1.85. The number of benzene rings is 1. The maximum Gasteiger partial charge on any atom is 0.342 e. The van der Waals surface area contributed by atoms with E-state index in [1.807, 2.05) is 19.1 Å². The van der Waals surface area contributed by atoms with Crippen molar-refractivity contribution in [2.75, 3.05) is 6.61 Å². The summed E-state index contributed by atoms with van der Waals surface area (Å²) in [6, 6.07) is 4.32. The molecular formula is C12H16BrClFNO2. The third kappa shape index (κ3) is 4.23. The van der Waals surface area contributed by atoms with Gasteiger partial charge in [-0.15, -0.1) is 12.4 Å². The van der Waals surface area contributed by atoms with Gasteiger partial charge in [0.2, 0.25) is 6.17 Å². The smallest absolute Gasteiger partial charge is 0.342 e. The Morgan fingerprint density at radius 3 is 2.67 bits per heavy atom. The zero-order valence-corrected chi connectivity index (χ0v) is 12.6. The predicted octanol–water partition coefficient (Wildman–Crippen LogP) is 3.08. The molecule has 0 bridgehead atoms. The molecule has 0 aliphatic rings. The van der Waals surface area contributed by atoms with E-state index in [9.17, 15) is 9.18 Å². The average Bonchev–Trinajstić information content (AvgIpc) is 2.27. The van der Waals surface area contributed by atoms with Gasteiger partial charge in [0.25, 0.3) is 0 Å². The van der Waals surface area contributed by atoms with E-state index in [0.29, 0.717) is 10.0 Å². The minimum atomic E-state index is -1.85. The lowest BCUT2D eigenvalue weighted by Gasteiger charge is -2.17. The molecule has 0 aliphatic heterocycles. The van der Waals surface area contributed by atoms with Crippen LogP contribution in [0.3, 0.4) is 0 Å². The van der Waals surface area contributed by atoms with Gasteiger partial charge in [-0.25, -0.2) is 9.18 Å². The van der Waals surface area contributed by atoms with Gasteiger partial charge in [-0.05, 0) is 31.0 Å². The van der Waals surface area contributed by atoms with Crippen molar-refractivity contribution in [1.82, 2.24) is 0 Å². The number of rotatable bonds is 4. The summed E-state index contributed by atoms with van der Waals surface area (Å²) >= 11 is 3.31. The van der Waals surface area contributed by atoms with Gasteiger partial charge >= 0.3 is 5.97 Å². The molecule has 0 fully saturated rings. The summed E-state index contributed by atoms with van der Waals surface area (Å²) in [5, 5.41) is 0. The number of carbonyl (C=O) groups excluding carboxylic acids is 1. The molecule has 0 amide bonds. The second-order valence-corrected chi connectivity index (χ2v) is 4.56. The van der Waals surface area contributed by atoms with Crippen LogP contribution in [0.15, 0.2) is 22.7 Å². The maximum absolute atomic E-state index is 13.7. The molecular weight excluding hydrogens is 324 g/mol. The Kier molecular flexibility index (Phi) is 7.43. The first-order valence-electron chi connectivity index (χ1n) is 5.29. The van der Waals surface area contributed by atoms with E-state index in [-0.39, 0.29) is 19.0 Å². The Hall–Kier alpha value is -0.650. The number of hydrogen-bond donors (Lipinski definition) is 1. The van der Waals surface area contributed by atoms with Gasteiger partial charge in [0.15, 0.2) is 0 Å². The Labute approximate surface area is 120 Å². The molecule has 3 nitrogen and oxygen atoms in total. The third-order valence-electron chi connectivity index (χ3n) is 2.34. The summed E-state index contributed by atoms with van der Waals surface area (Å²) < 4.78 is 19.0. The molecule has 2 atom stereocenters. The number of halogens is 3. The summed E-state index contributed by atoms with van der Waals surface area (Å²) in [5.74, 6) is -0.924. The number of ether oxygens (including phenoxy) is 1. The number of aryl methyl sites for hydroxylation is 1. The monoisotopic (exact) mass is 339 g/mol. The molecule has 0 heterocycles. The highest BCUT2D eigenvalue weighted by atomic mass is 79.9. The second-order valence-electron chi connectivity index (χ2n) is 3.70. The van der Waals surface area contributed by atoms with Crippen LogP contribution in [0.2, 0.25) is 0 Å². The molecule has 1 rings (SSSR count). The number of nitrogens with two attached hydrogens (primary N) is 1. The van der Waals surface area contributed by atoms with E-state index >= 15 is 0 Å². The molecule has 0 radical (unpaired) electrons. The molecule has 1 aromatic rings. The first kappa shape index (κ1) is 17.4. The number of carbonyl (C=O) groups is 1. The van der Waals surface area contributed by atoms with Crippen molar-refractivity contribution >= 4 is 34.3 Å². The Morgan fingerprint density at radius 1 is 1.56 bits per heavy atom. The second kappa shape index (κ2) is 7.71. The summed E-state index contributed by atoms with van der Waals surface area (Å²) in [4.78, 5) is 11.2. The Balaban J connectivity index is 0.00000289. The first-order valence-corrected chi connectivity index (χ1v) is 6.09. The largest absolute Gasteiger partial charge is 0.464 e.